The average Bonchev–Trinajstić information content (AvgIpc) is 2.31. The van der Waals surface area contributed by atoms with Crippen molar-refractivity contribution in [1.82, 2.24) is 15.0 Å². The number of carbonyl (C=O) groups excluding carboxylic acids is 1. The molecule has 1 aliphatic carbocycles. The van der Waals surface area contributed by atoms with E-state index in [1.807, 2.05) is 0 Å². The molecule has 1 aliphatic rings. The molecule has 0 radical (unpaired) electrons. The van der Waals surface area contributed by atoms with E-state index in [1.54, 1.807) is 18.2 Å². The van der Waals surface area contributed by atoms with Crippen molar-refractivity contribution in [2.24, 2.45) is 0 Å². The van der Waals surface area contributed by atoms with Gasteiger partial charge in [-0.05, 0) is 12.2 Å². The van der Waals surface area contributed by atoms with Gasteiger partial charge in [-0.2, -0.15) is 0 Å². The van der Waals surface area contributed by atoms with Crippen LogP contribution in [0.4, 0.5) is 0 Å². The van der Waals surface area contributed by atoms with Crippen molar-refractivity contribution in [3.8, 4) is 0 Å². The molecule has 15 heavy (non-hydrogen) atoms. The number of methoxy groups -OCH3 is 1. The van der Waals surface area contributed by atoms with Crippen molar-refractivity contribution < 1.29 is 9.53 Å². The Morgan fingerprint density at radius 2 is 2.00 bits per heavy atom. The predicted octanol–water partition coefficient (Wildman–Crippen LogP) is 0.408. The summed E-state index contributed by atoms with van der Waals surface area (Å²) in [6.45, 7) is 0. The molecule has 76 valence electrons. The summed E-state index contributed by atoms with van der Waals surface area (Å²) in [6, 6.07) is 0. The fourth-order valence-electron chi connectivity index (χ4n) is 1.42. The number of allylic oxidation sites excluding steroid dienone is 2. The molecule has 5 heteroatoms. The Labute approximate surface area is 86.5 Å². The van der Waals surface area contributed by atoms with E-state index in [-0.39, 0.29) is 5.78 Å². The van der Waals surface area contributed by atoms with Crippen LogP contribution in [0.1, 0.15) is 5.82 Å². The lowest BCUT2D eigenvalue weighted by Gasteiger charge is -2.25. The Balaban J connectivity index is 2.51. The zero-order valence-corrected chi connectivity index (χ0v) is 8.12. The molecular formula is C10H9N3O2. The highest BCUT2D eigenvalue weighted by Crippen LogP contribution is 2.27. The molecule has 1 atom stereocenters. The summed E-state index contributed by atoms with van der Waals surface area (Å²) in [4.78, 5) is 23.4. The molecule has 5 nitrogen and oxygen atoms in total. The van der Waals surface area contributed by atoms with Gasteiger partial charge >= 0.3 is 0 Å². The minimum absolute atomic E-state index is 0.196. The molecule has 0 saturated heterocycles. The smallest absolute Gasteiger partial charge is 0.208 e. The molecule has 2 rings (SSSR count). The van der Waals surface area contributed by atoms with Crippen LogP contribution in [0.5, 0.6) is 0 Å². The van der Waals surface area contributed by atoms with Crippen LogP contribution in [0, 0.1) is 0 Å². The van der Waals surface area contributed by atoms with Crippen LogP contribution in [-0.2, 0) is 15.1 Å². The molecule has 1 heterocycles. The normalized spacial score (nSPS) is 24.5. The summed E-state index contributed by atoms with van der Waals surface area (Å²) in [6.07, 6.45) is 9.12. The maximum Gasteiger partial charge on any atom is 0.208 e. The van der Waals surface area contributed by atoms with Crippen molar-refractivity contribution in [2.75, 3.05) is 7.11 Å². The first-order chi connectivity index (χ1) is 7.29. The Hall–Kier alpha value is -1.88. The number of ketones is 1. The minimum atomic E-state index is -1.20. The van der Waals surface area contributed by atoms with Gasteiger partial charge in [0.2, 0.25) is 5.60 Å². The van der Waals surface area contributed by atoms with Gasteiger partial charge in [0.15, 0.2) is 11.6 Å². The summed E-state index contributed by atoms with van der Waals surface area (Å²) >= 11 is 0. The van der Waals surface area contributed by atoms with E-state index in [2.05, 4.69) is 15.0 Å². The lowest BCUT2D eigenvalue weighted by atomic mass is 9.92. The Kier molecular flexibility index (Phi) is 2.39. The summed E-state index contributed by atoms with van der Waals surface area (Å²) in [5, 5.41) is 0. The molecule has 0 bridgehead atoms. The largest absolute Gasteiger partial charge is 0.358 e. The van der Waals surface area contributed by atoms with E-state index in [0.717, 1.165) is 0 Å². The Morgan fingerprint density at radius 1 is 1.27 bits per heavy atom. The molecule has 1 aromatic heterocycles. The number of hydrogen-bond donors (Lipinski definition) is 0. The van der Waals surface area contributed by atoms with Gasteiger partial charge in [0.1, 0.15) is 12.7 Å². The van der Waals surface area contributed by atoms with Gasteiger partial charge in [-0.3, -0.25) is 4.79 Å². The maximum absolute atomic E-state index is 11.8. The van der Waals surface area contributed by atoms with Crippen molar-refractivity contribution in [3.05, 3.63) is 42.8 Å². The van der Waals surface area contributed by atoms with E-state index in [9.17, 15) is 4.79 Å². The molecule has 0 N–H and O–H groups in total. The van der Waals surface area contributed by atoms with Crippen LogP contribution in [0.3, 0.4) is 0 Å². The summed E-state index contributed by atoms with van der Waals surface area (Å²) in [5.41, 5.74) is -1.20. The second kappa shape index (κ2) is 3.70. The van der Waals surface area contributed by atoms with Crippen molar-refractivity contribution in [1.29, 1.82) is 0 Å². The maximum atomic E-state index is 11.8. The number of nitrogens with zero attached hydrogens (tertiary/aromatic N) is 3. The van der Waals surface area contributed by atoms with E-state index >= 15 is 0 Å². The monoisotopic (exact) mass is 203 g/mol. The number of aromatic nitrogens is 3. The first-order valence-electron chi connectivity index (χ1n) is 4.37. The highest BCUT2D eigenvalue weighted by molar-refractivity contribution is 6.00. The van der Waals surface area contributed by atoms with E-state index in [0.29, 0.717) is 5.82 Å². The van der Waals surface area contributed by atoms with Crippen LogP contribution < -0.4 is 0 Å². The number of carbonyl (C=O) groups is 1. The van der Waals surface area contributed by atoms with Crippen LogP contribution in [-0.4, -0.2) is 27.8 Å². The third kappa shape index (κ3) is 1.46. The van der Waals surface area contributed by atoms with Gasteiger partial charge in [-0.1, -0.05) is 12.2 Å². The van der Waals surface area contributed by atoms with Crippen molar-refractivity contribution >= 4 is 5.78 Å². The zero-order chi connectivity index (χ0) is 10.7. The van der Waals surface area contributed by atoms with Crippen LogP contribution in [0.25, 0.3) is 0 Å². The second-order valence-electron chi connectivity index (χ2n) is 2.98. The summed E-state index contributed by atoms with van der Waals surface area (Å²) in [7, 11) is 1.45. The Bertz CT molecular complexity index is 428. The third-order valence-electron chi connectivity index (χ3n) is 2.20. The van der Waals surface area contributed by atoms with Gasteiger partial charge in [-0.15, -0.1) is 0 Å². The standard InChI is InChI=1S/C10H9N3O2/c1-15-10(5-3-2-4-8(10)14)9-12-6-11-7-13-9/h2-7H,1H3. The summed E-state index contributed by atoms with van der Waals surface area (Å²) in [5.74, 6) is 0.101. The SMILES string of the molecule is COC1(c2ncncn2)C=CC=CC1=O. The van der Waals surface area contributed by atoms with E-state index < -0.39 is 5.60 Å². The molecule has 1 aromatic rings. The van der Waals surface area contributed by atoms with Gasteiger partial charge < -0.3 is 4.74 Å². The average molecular weight is 203 g/mol. The number of rotatable bonds is 2. The molecule has 0 amide bonds. The molecule has 0 saturated carbocycles. The molecular weight excluding hydrogens is 194 g/mol. The van der Waals surface area contributed by atoms with Crippen LogP contribution >= 0.6 is 0 Å². The Morgan fingerprint density at radius 3 is 2.60 bits per heavy atom. The lowest BCUT2D eigenvalue weighted by Crippen LogP contribution is -2.37. The predicted molar refractivity (Wildman–Crippen MR) is 51.8 cm³/mol. The molecule has 0 spiro atoms. The fourth-order valence-corrected chi connectivity index (χ4v) is 1.42. The van der Waals surface area contributed by atoms with Crippen molar-refractivity contribution in [3.63, 3.8) is 0 Å². The van der Waals surface area contributed by atoms with Crippen LogP contribution in [0.2, 0.25) is 0 Å². The zero-order valence-electron chi connectivity index (χ0n) is 8.12. The van der Waals surface area contributed by atoms with Gasteiger partial charge in [-0.25, -0.2) is 15.0 Å². The number of hydrogen-bond acceptors (Lipinski definition) is 5. The highest BCUT2D eigenvalue weighted by atomic mass is 16.5. The minimum Gasteiger partial charge on any atom is -0.358 e. The van der Waals surface area contributed by atoms with Crippen LogP contribution in [0.15, 0.2) is 37.0 Å². The first-order valence-corrected chi connectivity index (χ1v) is 4.37. The van der Waals surface area contributed by atoms with Gasteiger partial charge in [0, 0.05) is 7.11 Å². The second-order valence-corrected chi connectivity index (χ2v) is 2.98. The highest BCUT2D eigenvalue weighted by Gasteiger charge is 2.40. The summed E-state index contributed by atoms with van der Waals surface area (Å²) < 4.78 is 5.24. The quantitative estimate of drug-likeness (QED) is 0.696. The molecule has 0 fully saturated rings. The van der Waals surface area contributed by atoms with E-state index in [4.69, 9.17) is 4.74 Å². The lowest BCUT2D eigenvalue weighted by molar-refractivity contribution is -0.132. The van der Waals surface area contributed by atoms with Crippen molar-refractivity contribution in [2.45, 2.75) is 5.60 Å². The third-order valence-corrected chi connectivity index (χ3v) is 2.20. The fraction of sp³-hybridized carbons (Fsp3) is 0.200. The van der Waals surface area contributed by atoms with Gasteiger partial charge in [0.25, 0.3) is 0 Å². The molecule has 1 unspecified atom stereocenters. The number of ether oxygens (including phenoxy) is 1. The topological polar surface area (TPSA) is 65.0 Å². The first kappa shape index (κ1) is 9.67. The molecule has 0 aliphatic heterocycles. The van der Waals surface area contributed by atoms with Gasteiger partial charge in [0.05, 0.1) is 0 Å². The van der Waals surface area contributed by atoms with E-state index in [1.165, 1.54) is 25.8 Å². The molecule has 0 aromatic carbocycles.